The van der Waals surface area contributed by atoms with Crippen LogP contribution in [0.15, 0.2) is 0 Å². The van der Waals surface area contributed by atoms with Crippen molar-refractivity contribution in [3.05, 3.63) is 0 Å². The van der Waals surface area contributed by atoms with Crippen LogP contribution >= 0.6 is 0 Å². The van der Waals surface area contributed by atoms with E-state index in [0.29, 0.717) is 5.92 Å². The number of aliphatic hydroxyl groups excluding tert-OH is 1. The highest BCUT2D eigenvalue weighted by molar-refractivity contribution is 5.67. The predicted molar refractivity (Wildman–Crippen MR) is 40.1 cm³/mol. The predicted octanol–water partition coefficient (Wildman–Crippen LogP) is 0.868. The van der Waals surface area contributed by atoms with Crippen LogP contribution in [0.5, 0.6) is 0 Å². The van der Waals surface area contributed by atoms with Crippen LogP contribution in [0.4, 0.5) is 0 Å². The minimum absolute atomic E-state index is 0.124. The minimum Gasteiger partial charge on any atom is -0.481 e. The Bertz CT molecular complexity index is 178. The Hall–Kier alpha value is -0.570. The van der Waals surface area contributed by atoms with E-state index in [4.69, 9.17) is 5.11 Å². The lowest BCUT2D eigenvalue weighted by molar-refractivity contribution is -0.140. The van der Waals surface area contributed by atoms with Gasteiger partial charge in [-0.1, -0.05) is 13.8 Å². The van der Waals surface area contributed by atoms with Crippen molar-refractivity contribution >= 4 is 5.97 Å². The van der Waals surface area contributed by atoms with Gasteiger partial charge in [0.15, 0.2) is 0 Å². The molecule has 1 saturated carbocycles. The summed E-state index contributed by atoms with van der Waals surface area (Å²) in [6, 6.07) is 0. The molecule has 0 saturated heterocycles. The number of carbonyl (C=O) groups is 1. The molecule has 0 aromatic rings. The van der Waals surface area contributed by atoms with E-state index in [9.17, 15) is 9.90 Å². The smallest absolute Gasteiger partial charge is 0.305 e. The van der Waals surface area contributed by atoms with Crippen molar-refractivity contribution in [2.75, 3.05) is 0 Å². The molecular formula is C8H14O3. The summed E-state index contributed by atoms with van der Waals surface area (Å²) in [7, 11) is 0. The Balaban J connectivity index is 2.43. The Labute approximate surface area is 66.0 Å². The molecule has 3 heteroatoms. The molecule has 0 aromatic carbocycles. The SMILES string of the molecule is CC1CC1(C)C(O)CC(=O)O. The first-order valence-corrected chi connectivity index (χ1v) is 3.86. The summed E-state index contributed by atoms with van der Waals surface area (Å²) in [6.07, 6.45) is 0.150. The fraction of sp³-hybridized carbons (Fsp3) is 0.875. The minimum atomic E-state index is -0.919. The molecule has 0 aliphatic heterocycles. The summed E-state index contributed by atoms with van der Waals surface area (Å²) < 4.78 is 0. The summed E-state index contributed by atoms with van der Waals surface area (Å²) in [4.78, 5) is 10.2. The lowest BCUT2D eigenvalue weighted by Crippen LogP contribution is -2.23. The van der Waals surface area contributed by atoms with Crippen LogP contribution in [-0.4, -0.2) is 22.3 Å². The van der Waals surface area contributed by atoms with E-state index in [1.165, 1.54) is 0 Å². The summed E-state index contributed by atoms with van der Waals surface area (Å²) >= 11 is 0. The lowest BCUT2D eigenvalue weighted by atomic mass is 9.96. The van der Waals surface area contributed by atoms with Crippen molar-refractivity contribution in [1.82, 2.24) is 0 Å². The van der Waals surface area contributed by atoms with E-state index in [2.05, 4.69) is 0 Å². The molecular weight excluding hydrogens is 144 g/mol. The molecule has 1 rings (SSSR count). The maximum atomic E-state index is 10.2. The molecule has 3 unspecified atom stereocenters. The van der Waals surface area contributed by atoms with Gasteiger partial charge in [0.25, 0.3) is 0 Å². The molecule has 11 heavy (non-hydrogen) atoms. The maximum absolute atomic E-state index is 10.2. The third-order valence-corrected chi connectivity index (χ3v) is 2.84. The van der Waals surface area contributed by atoms with E-state index in [1.807, 2.05) is 13.8 Å². The molecule has 3 nitrogen and oxygen atoms in total. The van der Waals surface area contributed by atoms with Gasteiger partial charge < -0.3 is 10.2 Å². The highest BCUT2D eigenvalue weighted by Crippen LogP contribution is 2.54. The van der Waals surface area contributed by atoms with E-state index in [0.717, 1.165) is 6.42 Å². The summed E-state index contributed by atoms with van der Waals surface area (Å²) in [5.41, 5.74) is -0.127. The third kappa shape index (κ3) is 1.53. The van der Waals surface area contributed by atoms with Crippen LogP contribution in [0.2, 0.25) is 0 Å². The average molecular weight is 158 g/mol. The zero-order chi connectivity index (χ0) is 8.65. The normalized spacial score (nSPS) is 38.3. The number of hydrogen-bond acceptors (Lipinski definition) is 2. The first kappa shape index (κ1) is 8.53. The number of carboxylic acids is 1. The summed E-state index contributed by atoms with van der Waals surface area (Å²) in [6.45, 7) is 3.97. The molecule has 1 aliphatic carbocycles. The molecule has 0 amide bonds. The van der Waals surface area contributed by atoms with Gasteiger partial charge in [0.1, 0.15) is 0 Å². The van der Waals surface area contributed by atoms with Crippen LogP contribution in [0.25, 0.3) is 0 Å². The van der Waals surface area contributed by atoms with Gasteiger partial charge >= 0.3 is 5.97 Å². The highest BCUT2D eigenvalue weighted by Gasteiger charge is 2.52. The second kappa shape index (κ2) is 2.48. The number of hydrogen-bond donors (Lipinski definition) is 2. The fourth-order valence-corrected chi connectivity index (χ4v) is 1.46. The molecule has 1 fully saturated rings. The standard InChI is InChI=1S/C8H14O3/c1-5-4-8(5,2)6(9)3-7(10)11/h5-6,9H,3-4H2,1-2H3,(H,10,11). The highest BCUT2D eigenvalue weighted by atomic mass is 16.4. The molecule has 64 valence electrons. The third-order valence-electron chi connectivity index (χ3n) is 2.84. The van der Waals surface area contributed by atoms with Gasteiger partial charge in [0.2, 0.25) is 0 Å². The first-order valence-electron chi connectivity index (χ1n) is 3.86. The number of rotatable bonds is 3. The van der Waals surface area contributed by atoms with Crippen molar-refractivity contribution in [1.29, 1.82) is 0 Å². The van der Waals surface area contributed by atoms with Crippen molar-refractivity contribution < 1.29 is 15.0 Å². The van der Waals surface area contributed by atoms with Gasteiger partial charge in [0.05, 0.1) is 12.5 Å². The Kier molecular flexibility index (Phi) is 1.92. The Morgan fingerprint density at radius 2 is 2.27 bits per heavy atom. The van der Waals surface area contributed by atoms with Gasteiger partial charge in [-0.25, -0.2) is 0 Å². The molecule has 0 aromatic heterocycles. The summed E-state index contributed by atoms with van der Waals surface area (Å²) in [5, 5.41) is 17.8. The number of aliphatic hydroxyl groups is 1. The van der Waals surface area contributed by atoms with Crippen LogP contribution in [0, 0.1) is 11.3 Å². The average Bonchev–Trinajstić information content (AvgIpc) is 2.40. The van der Waals surface area contributed by atoms with Crippen LogP contribution in [0.1, 0.15) is 26.7 Å². The van der Waals surface area contributed by atoms with E-state index >= 15 is 0 Å². The van der Waals surface area contributed by atoms with E-state index in [1.54, 1.807) is 0 Å². The number of aliphatic carboxylic acids is 1. The van der Waals surface area contributed by atoms with Crippen molar-refractivity contribution in [3.8, 4) is 0 Å². The Morgan fingerprint density at radius 1 is 1.82 bits per heavy atom. The van der Waals surface area contributed by atoms with Crippen molar-refractivity contribution in [2.24, 2.45) is 11.3 Å². The second-order valence-electron chi connectivity index (χ2n) is 3.72. The zero-order valence-electron chi connectivity index (χ0n) is 6.87. The second-order valence-corrected chi connectivity index (χ2v) is 3.72. The quantitative estimate of drug-likeness (QED) is 0.640. The molecule has 0 spiro atoms. The van der Waals surface area contributed by atoms with Gasteiger partial charge in [-0.05, 0) is 17.8 Å². The molecule has 1 aliphatic rings. The topological polar surface area (TPSA) is 57.5 Å². The monoisotopic (exact) mass is 158 g/mol. The fourth-order valence-electron chi connectivity index (χ4n) is 1.46. The van der Waals surface area contributed by atoms with Crippen LogP contribution in [0.3, 0.4) is 0 Å². The van der Waals surface area contributed by atoms with Gasteiger partial charge in [0, 0.05) is 0 Å². The molecule has 2 N–H and O–H groups in total. The number of carboxylic acid groups (broad SMARTS) is 1. The molecule has 0 heterocycles. The van der Waals surface area contributed by atoms with Crippen molar-refractivity contribution in [3.63, 3.8) is 0 Å². The van der Waals surface area contributed by atoms with E-state index < -0.39 is 12.1 Å². The zero-order valence-corrected chi connectivity index (χ0v) is 6.87. The first-order chi connectivity index (χ1) is 4.97. The van der Waals surface area contributed by atoms with Gasteiger partial charge in [-0.3, -0.25) is 4.79 Å². The Morgan fingerprint density at radius 3 is 2.55 bits per heavy atom. The lowest BCUT2D eigenvalue weighted by Gasteiger charge is -2.15. The van der Waals surface area contributed by atoms with E-state index in [-0.39, 0.29) is 11.8 Å². The summed E-state index contributed by atoms with van der Waals surface area (Å²) in [5.74, 6) is -0.449. The maximum Gasteiger partial charge on any atom is 0.305 e. The largest absolute Gasteiger partial charge is 0.481 e. The van der Waals surface area contributed by atoms with Crippen LogP contribution in [-0.2, 0) is 4.79 Å². The molecule has 0 radical (unpaired) electrons. The van der Waals surface area contributed by atoms with Gasteiger partial charge in [-0.2, -0.15) is 0 Å². The van der Waals surface area contributed by atoms with Crippen molar-refractivity contribution in [2.45, 2.75) is 32.8 Å². The van der Waals surface area contributed by atoms with Gasteiger partial charge in [-0.15, -0.1) is 0 Å². The molecule has 3 atom stereocenters. The molecule has 0 bridgehead atoms. The van der Waals surface area contributed by atoms with Crippen LogP contribution < -0.4 is 0 Å².